The standard InChI is InChI=1S/C16H10O4/c17-15(18)13(10-6-2-1-3-7-10)14-11-8-4-5-9-12(11)16(19)20-14/h1-9H,(H,17,18)/p-1/b14-13+. The van der Waals surface area contributed by atoms with E-state index in [2.05, 4.69) is 0 Å². The first-order valence-corrected chi connectivity index (χ1v) is 6.01. The van der Waals surface area contributed by atoms with Crippen molar-refractivity contribution < 1.29 is 19.4 Å². The summed E-state index contributed by atoms with van der Waals surface area (Å²) in [6.07, 6.45) is 0. The third kappa shape index (κ3) is 1.87. The van der Waals surface area contributed by atoms with Gasteiger partial charge in [0.2, 0.25) is 0 Å². The van der Waals surface area contributed by atoms with Crippen molar-refractivity contribution in [3.8, 4) is 0 Å². The van der Waals surface area contributed by atoms with Gasteiger partial charge in [0.25, 0.3) is 0 Å². The maximum absolute atomic E-state index is 11.8. The van der Waals surface area contributed by atoms with Gasteiger partial charge in [-0.15, -0.1) is 0 Å². The van der Waals surface area contributed by atoms with Crippen LogP contribution >= 0.6 is 0 Å². The Morgan fingerprint density at radius 3 is 2.15 bits per heavy atom. The van der Waals surface area contributed by atoms with Crippen LogP contribution in [0.5, 0.6) is 0 Å². The molecule has 0 radical (unpaired) electrons. The fraction of sp³-hybridized carbons (Fsp3) is 0. The van der Waals surface area contributed by atoms with Crippen LogP contribution in [0.25, 0.3) is 11.3 Å². The molecule has 0 fully saturated rings. The summed E-state index contributed by atoms with van der Waals surface area (Å²) >= 11 is 0. The third-order valence-electron chi connectivity index (χ3n) is 3.08. The van der Waals surface area contributed by atoms with E-state index in [1.165, 1.54) is 0 Å². The van der Waals surface area contributed by atoms with Gasteiger partial charge in [0.05, 0.1) is 11.5 Å². The number of carbonyl (C=O) groups excluding carboxylic acids is 2. The summed E-state index contributed by atoms with van der Waals surface area (Å²) in [5, 5.41) is 11.4. The van der Waals surface area contributed by atoms with Crippen molar-refractivity contribution in [2.24, 2.45) is 0 Å². The first kappa shape index (κ1) is 12.2. The summed E-state index contributed by atoms with van der Waals surface area (Å²) in [5.74, 6) is -1.89. The second kappa shape index (κ2) is 4.66. The van der Waals surface area contributed by atoms with Crippen molar-refractivity contribution in [2.75, 3.05) is 0 Å². The zero-order chi connectivity index (χ0) is 14.1. The zero-order valence-electron chi connectivity index (χ0n) is 10.3. The molecule has 3 rings (SSSR count). The van der Waals surface area contributed by atoms with E-state index in [1.54, 1.807) is 54.6 Å². The Labute approximate surface area is 114 Å². The molecule has 0 atom stereocenters. The maximum Gasteiger partial charge on any atom is 0.344 e. The number of carboxylic acids is 1. The average molecular weight is 265 g/mol. The third-order valence-corrected chi connectivity index (χ3v) is 3.08. The Morgan fingerprint density at radius 1 is 0.900 bits per heavy atom. The van der Waals surface area contributed by atoms with E-state index in [-0.39, 0.29) is 11.3 Å². The van der Waals surface area contributed by atoms with Crippen LogP contribution < -0.4 is 5.11 Å². The summed E-state index contributed by atoms with van der Waals surface area (Å²) in [6, 6.07) is 15.1. The van der Waals surface area contributed by atoms with Gasteiger partial charge in [0.15, 0.2) is 0 Å². The highest BCUT2D eigenvalue weighted by Gasteiger charge is 2.29. The average Bonchev–Trinajstić information content (AvgIpc) is 2.78. The highest BCUT2D eigenvalue weighted by atomic mass is 16.5. The summed E-state index contributed by atoms with van der Waals surface area (Å²) < 4.78 is 5.13. The van der Waals surface area contributed by atoms with Crippen LogP contribution in [0.1, 0.15) is 21.5 Å². The van der Waals surface area contributed by atoms with Gasteiger partial charge in [-0.3, -0.25) is 0 Å². The Balaban J connectivity index is 2.27. The molecule has 0 aliphatic carbocycles. The molecule has 0 saturated heterocycles. The molecular weight excluding hydrogens is 256 g/mol. The number of benzene rings is 2. The fourth-order valence-electron chi connectivity index (χ4n) is 2.19. The molecule has 4 heteroatoms. The molecule has 1 aliphatic heterocycles. The van der Waals surface area contributed by atoms with Crippen LogP contribution in [0.2, 0.25) is 0 Å². The van der Waals surface area contributed by atoms with Crippen molar-refractivity contribution in [2.45, 2.75) is 0 Å². The second-order valence-electron chi connectivity index (χ2n) is 4.29. The van der Waals surface area contributed by atoms with Crippen LogP contribution in [0, 0.1) is 0 Å². The van der Waals surface area contributed by atoms with Crippen molar-refractivity contribution >= 4 is 23.3 Å². The quantitative estimate of drug-likeness (QED) is 0.609. The van der Waals surface area contributed by atoms with Gasteiger partial charge < -0.3 is 14.6 Å². The first-order chi connectivity index (χ1) is 9.68. The van der Waals surface area contributed by atoms with E-state index < -0.39 is 11.9 Å². The van der Waals surface area contributed by atoms with Crippen LogP contribution in [-0.4, -0.2) is 11.9 Å². The van der Waals surface area contributed by atoms with Gasteiger partial charge in [-0.2, -0.15) is 0 Å². The number of esters is 1. The number of carboxylic acid groups (broad SMARTS) is 1. The van der Waals surface area contributed by atoms with E-state index in [4.69, 9.17) is 4.74 Å². The minimum absolute atomic E-state index is 0.0387. The molecule has 1 aliphatic rings. The van der Waals surface area contributed by atoms with Gasteiger partial charge >= 0.3 is 5.97 Å². The highest BCUT2D eigenvalue weighted by molar-refractivity contribution is 6.25. The van der Waals surface area contributed by atoms with E-state index in [0.717, 1.165) is 0 Å². The molecule has 98 valence electrons. The zero-order valence-corrected chi connectivity index (χ0v) is 10.3. The van der Waals surface area contributed by atoms with E-state index in [0.29, 0.717) is 16.7 Å². The van der Waals surface area contributed by atoms with Gasteiger partial charge in [0, 0.05) is 11.1 Å². The van der Waals surface area contributed by atoms with Crippen LogP contribution in [0.3, 0.4) is 0 Å². The fourth-order valence-corrected chi connectivity index (χ4v) is 2.19. The number of aliphatic carboxylic acids is 1. The number of hydrogen-bond acceptors (Lipinski definition) is 4. The lowest BCUT2D eigenvalue weighted by Gasteiger charge is -2.12. The number of carbonyl (C=O) groups is 2. The normalized spacial score (nSPS) is 15.5. The Morgan fingerprint density at radius 2 is 1.50 bits per heavy atom. The number of hydrogen-bond donors (Lipinski definition) is 0. The lowest BCUT2D eigenvalue weighted by Crippen LogP contribution is -2.24. The van der Waals surface area contributed by atoms with Gasteiger partial charge in [-0.1, -0.05) is 48.5 Å². The molecule has 2 aromatic carbocycles. The van der Waals surface area contributed by atoms with E-state index in [9.17, 15) is 14.7 Å². The Hall–Kier alpha value is -2.88. The molecule has 0 bridgehead atoms. The second-order valence-corrected chi connectivity index (χ2v) is 4.29. The molecule has 2 aromatic rings. The van der Waals surface area contributed by atoms with Crippen LogP contribution in [0.15, 0.2) is 54.6 Å². The molecule has 0 aromatic heterocycles. The summed E-state index contributed by atoms with van der Waals surface area (Å²) in [7, 11) is 0. The molecule has 20 heavy (non-hydrogen) atoms. The van der Waals surface area contributed by atoms with Crippen LogP contribution in [0.4, 0.5) is 0 Å². The van der Waals surface area contributed by atoms with Gasteiger partial charge in [-0.05, 0) is 11.6 Å². The minimum Gasteiger partial charge on any atom is -0.545 e. The summed E-state index contributed by atoms with van der Waals surface area (Å²) in [5.41, 5.74) is 1.15. The molecule has 0 unspecified atom stereocenters. The molecule has 0 spiro atoms. The molecule has 0 N–H and O–H groups in total. The summed E-state index contributed by atoms with van der Waals surface area (Å²) in [4.78, 5) is 23.2. The molecule has 0 amide bonds. The number of fused-ring (bicyclic) bond motifs is 1. The van der Waals surface area contributed by atoms with E-state index >= 15 is 0 Å². The highest BCUT2D eigenvalue weighted by Crippen LogP contribution is 2.35. The lowest BCUT2D eigenvalue weighted by atomic mass is 10.00. The minimum atomic E-state index is -1.38. The predicted molar refractivity (Wildman–Crippen MR) is 70.1 cm³/mol. The number of ether oxygens (including phenoxy) is 1. The number of cyclic esters (lactones) is 1. The van der Waals surface area contributed by atoms with Crippen molar-refractivity contribution in [1.82, 2.24) is 0 Å². The maximum atomic E-state index is 11.8. The number of rotatable bonds is 2. The monoisotopic (exact) mass is 265 g/mol. The molecule has 1 heterocycles. The molecule has 0 saturated carbocycles. The molecule has 4 nitrogen and oxygen atoms in total. The SMILES string of the molecule is O=C([O-])/C(=C1/OC(=O)c2ccccc21)c1ccccc1. The van der Waals surface area contributed by atoms with Crippen LogP contribution in [-0.2, 0) is 9.53 Å². The van der Waals surface area contributed by atoms with Gasteiger partial charge in [0.1, 0.15) is 5.76 Å². The van der Waals surface area contributed by atoms with E-state index in [1.807, 2.05) is 0 Å². The van der Waals surface area contributed by atoms with Crippen molar-refractivity contribution in [3.63, 3.8) is 0 Å². The Kier molecular flexibility index (Phi) is 2.84. The summed E-state index contributed by atoms with van der Waals surface area (Å²) in [6.45, 7) is 0. The topological polar surface area (TPSA) is 66.4 Å². The van der Waals surface area contributed by atoms with Gasteiger partial charge in [-0.25, -0.2) is 4.79 Å². The largest absolute Gasteiger partial charge is 0.545 e. The first-order valence-electron chi connectivity index (χ1n) is 6.01. The smallest absolute Gasteiger partial charge is 0.344 e. The molecular formula is C16H9O4-. The van der Waals surface area contributed by atoms with Crippen molar-refractivity contribution in [1.29, 1.82) is 0 Å². The predicted octanol–water partition coefficient (Wildman–Crippen LogP) is 1.48. The van der Waals surface area contributed by atoms with Crippen molar-refractivity contribution in [3.05, 3.63) is 71.3 Å². The lowest BCUT2D eigenvalue weighted by molar-refractivity contribution is -0.295. The Bertz CT molecular complexity index is 729.